The topological polar surface area (TPSA) is 52.6 Å². The van der Waals surface area contributed by atoms with Crippen LogP contribution in [0.25, 0.3) is 22.3 Å². The van der Waals surface area contributed by atoms with Crippen molar-refractivity contribution >= 4 is 11.9 Å². The van der Waals surface area contributed by atoms with Crippen molar-refractivity contribution in [2.24, 2.45) is 0 Å². The molecule has 0 aromatic heterocycles. The normalized spacial score (nSPS) is 10.5. The van der Waals surface area contributed by atoms with Crippen LogP contribution in [-0.4, -0.2) is 11.9 Å². The summed E-state index contributed by atoms with van der Waals surface area (Å²) >= 11 is 0. The van der Waals surface area contributed by atoms with Gasteiger partial charge in [-0.15, -0.1) is 0 Å². The van der Waals surface area contributed by atoms with Gasteiger partial charge in [-0.05, 0) is 67.4 Å². The summed E-state index contributed by atoms with van der Waals surface area (Å²) in [6.45, 7) is 9.82. The average molecular weight is 452 g/mol. The first kappa shape index (κ1) is 23.5. The van der Waals surface area contributed by atoms with E-state index in [-0.39, 0.29) is 44.9 Å². The minimum absolute atomic E-state index is 0.0262. The minimum atomic E-state index is -0.763. The molecule has 0 saturated carbocycles. The Balaban J connectivity index is 1.95. The third kappa shape index (κ3) is 5.57. The Hall–Kier alpha value is -4.13. The van der Waals surface area contributed by atoms with Crippen molar-refractivity contribution in [1.82, 2.24) is 0 Å². The lowest BCUT2D eigenvalue weighted by atomic mass is 9.98. The highest BCUT2D eigenvalue weighted by molar-refractivity contribution is 5.89. The van der Waals surface area contributed by atoms with Gasteiger partial charge in [-0.1, -0.05) is 13.2 Å². The van der Waals surface area contributed by atoms with Gasteiger partial charge in [0, 0.05) is 34.4 Å². The molecule has 0 spiro atoms. The fourth-order valence-corrected chi connectivity index (χ4v) is 2.88. The lowest BCUT2D eigenvalue weighted by molar-refractivity contribution is -0.130. The van der Waals surface area contributed by atoms with Gasteiger partial charge in [-0.2, -0.15) is 0 Å². The van der Waals surface area contributed by atoms with Crippen LogP contribution in [-0.2, 0) is 9.59 Å². The Bertz CT molecular complexity index is 1200. The maximum atomic E-state index is 14.7. The van der Waals surface area contributed by atoms with Gasteiger partial charge >= 0.3 is 11.9 Å². The number of esters is 2. The Morgan fingerprint density at radius 2 is 1.06 bits per heavy atom. The standard InChI is InChI=1S/C26H19F3O4/c1-14(2)25(30)32-19-5-7-21(23(28)12-19)16-9-17(11-18(27)10-16)22-8-6-20(13-24(22)29)33-26(31)15(3)4/h5-13H,1,3H2,2,4H3. The van der Waals surface area contributed by atoms with Crippen molar-refractivity contribution < 1.29 is 32.2 Å². The number of ether oxygens (including phenoxy) is 2. The molecule has 3 rings (SSSR count). The van der Waals surface area contributed by atoms with E-state index in [2.05, 4.69) is 13.2 Å². The first-order valence-electron chi connectivity index (χ1n) is 9.71. The highest BCUT2D eigenvalue weighted by Crippen LogP contribution is 2.33. The van der Waals surface area contributed by atoms with Crippen molar-refractivity contribution in [2.45, 2.75) is 13.8 Å². The van der Waals surface area contributed by atoms with Crippen molar-refractivity contribution in [2.75, 3.05) is 0 Å². The van der Waals surface area contributed by atoms with Crippen molar-refractivity contribution in [3.05, 3.63) is 96.4 Å². The van der Waals surface area contributed by atoms with Gasteiger partial charge in [0.25, 0.3) is 0 Å². The predicted molar refractivity (Wildman–Crippen MR) is 118 cm³/mol. The molecule has 0 N–H and O–H groups in total. The van der Waals surface area contributed by atoms with Crippen LogP contribution in [0.3, 0.4) is 0 Å². The van der Waals surface area contributed by atoms with Gasteiger partial charge < -0.3 is 9.47 Å². The fraction of sp³-hybridized carbons (Fsp3) is 0.0769. The molecule has 4 nitrogen and oxygen atoms in total. The zero-order chi connectivity index (χ0) is 24.3. The highest BCUT2D eigenvalue weighted by Gasteiger charge is 2.15. The largest absolute Gasteiger partial charge is 0.423 e. The monoisotopic (exact) mass is 452 g/mol. The van der Waals surface area contributed by atoms with Crippen LogP contribution in [0.1, 0.15) is 13.8 Å². The van der Waals surface area contributed by atoms with Crippen LogP contribution < -0.4 is 9.47 Å². The van der Waals surface area contributed by atoms with Gasteiger partial charge in [0.2, 0.25) is 0 Å². The number of carbonyl (C=O) groups excluding carboxylic acids is 2. The molecule has 168 valence electrons. The summed E-state index contributed by atoms with van der Waals surface area (Å²) in [5.41, 5.74) is 0.653. The molecule has 0 unspecified atom stereocenters. The smallest absolute Gasteiger partial charge is 0.338 e. The van der Waals surface area contributed by atoms with Gasteiger partial charge in [0.05, 0.1) is 0 Å². The summed E-state index contributed by atoms with van der Waals surface area (Å²) in [7, 11) is 0. The van der Waals surface area contributed by atoms with E-state index in [0.717, 1.165) is 24.3 Å². The summed E-state index contributed by atoms with van der Waals surface area (Å²) in [6, 6.07) is 11.0. The predicted octanol–water partition coefficient (Wildman–Crippen LogP) is 6.40. The van der Waals surface area contributed by atoms with E-state index < -0.39 is 29.4 Å². The van der Waals surface area contributed by atoms with Crippen LogP contribution in [0.15, 0.2) is 78.9 Å². The van der Waals surface area contributed by atoms with E-state index in [1.54, 1.807) is 0 Å². The van der Waals surface area contributed by atoms with Gasteiger partial charge in [-0.3, -0.25) is 0 Å². The summed E-state index contributed by atoms with van der Waals surface area (Å²) in [5.74, 6) is -3.72. The molecular formula is C26H19F3O4. The SMILES string of the molecule is C=C(C)C(=O)Oc1ccc(-c2cc(F)cc(-c3ccc(OC(=O)C(=C)C)cc3F)c2)c(F)c1. The molecule has 0 aliphatic rings. The van der Waals surface area contributed by atoms with Gasteiger partial charge in [-0.25, -0.2) is 22.8 Å². The highest BCUT2D eigenvalue weighted by atomic mass is 19.1. The van der Waals surface area contributed by atoms with Crippen LogP contribution in [0.5, 0.6) is 11.5 Å². The molecule has 0 atom stereocenters. The number of benzene rings is 3. The van der Waals surface area contributed by atoms with Crippen LogP contribution >= 0.6 is 0 Å². The molecule has 3 aromatic carbocycles. The third-order valence-corrected chi connectivity index (χ3v) is 4.52. The fourth-order valence-electron chi connectivity index (χ4n) is 2.88. The van der Waals surface area contributed by atoms with E-state index in [1.165, 1.54) is 44.2 Å². The zero-order valence-corrected chi connectivity index (χ0v) is 17.9. The molecule has 0 amide bonds. The second kappa shape index (κ2) is 9.56. The first-order chi connectivity index (χ1) is 15.5. The molecule has 33 heavy (non-hydrogen) atoms. The Kier molecular flexibility index (Phi) is 6.82. The van der Waals surface area contributed by atoms with E-state index in [0.29, 0.717) is 0 Å². The quantitative estimate of drug-likeness (QED) is 0.247. The lowest BCUT2D eigenvalue weighted by Gasteiger charge is -2.11. The van der Waals surface area contributed by atoms with Gasteiger partial charge in [0.15, 0.2) is 0 Å². The minimum Gasteiger partial charge on any atom is -0.423 e. The molecule has 3 aromatic rings. The summed E-state index contributed by atoms with van der Waals surface area (Å²) < 4.78 is 53.7. The Morgan fingerprint density at radius 3 is 1.39 bits per heavy atom. The number of rotatable bonds is 6. The van der Waals surface area contributed by atoms with E-state index in [4.69, 9.17) is 9.47 Å². The molecule has 0 radical (unpaired) electrons. The maximum absolute atomic E-state index is 14.7. The number of halogens is 3. The van der Waals surface area contributed by atoms with E-state index in [1.807, 2.05) is 0 Å². The lowest BCUT2D eigenvalue weighted by Crippen LogP contribution is -2.08. The Labute approximate surface area is 188 Å². The molecule has 0 aliphatic heterocycles. The molecule has 7 heteroatoms. The number of carbonyl (C=O) groups is 2. The zero-order valence-electron chi connectivity index (χ0n) is 17.9. The Morgan fingerprint density at radius 1 is 0.667 bits per heavy atom. The third-order valence-electron chi connectivity index (χ3n) is 4.52. The number of hydrogen-bond donors (Lipinski definition) is 0. The summed E-state index contributed by atoms with van der Waals surface area (Å²) in [6.07, 6.45) is 0. The maximum Gasteiger partial charge on any atom is 0.338 e. The molecule has 0 fully saturated rings. The molecule has 0 bridgehead atoms. The second-order valence-corrected chi connectivity index (χ2v) is 7.35. The summed E-state index contributed by atoms with van der Waals surface area (Å²) in [5, 5.41) is 0. The van der Waals surface area contributed by atoms with Crippen LogP contribution in [0.4, 0.5) is 13.2 Å². The molecular weight excluding hydrogens is 433 g/mol. The van der Waals surface area contributed by atoms with Crippen molar-refractivity contribution in [3.63, 3.8) is 0 Å². The molecule has 0 aliphatic carbocycles. The molecule has 0 heterocycles. The number of hydrogen-bond acceptors (Lipinski definition) is 4. The van der Waals surface area contributed by atoms with Gasteiger partial charge in [0.1, 0.15) is 29.0 Å². The second-order valence-electron chi connectivity index (χ2n) is 7.35. The van der Waals surface area contributed by atoms with Crippen molar-refractivity contribution in [1.29, 1.82) is 0 Å². The van der Waals surface area contributed by atoms with E-state index in [9.17, 15) is 22.8 Å². The average Bonchev–Trinajstić information content (AvgIpc) is 2.73. The van der Waals surface area contributed by atoms with E-state index >= 15 is 0 Å². The van der Waals surface area contributed by atoms with Crippen molar-refractivity contribution in [3.8, 4) is 33.8 Å². The first-order valence-corrected chi connectivity index (χ1v) is 9.71. The molecule has 0 saturated heterocycles. The van der Waals surface area contributed by atoms with Crippen LogP contribution in [0, 0.1) is 17.5 Å². The van der Waals surface area contributed by atoms with Crippen LogP contribution in [0.2, 0.25) is 0 Å². The summed E-state index contributed by atoms with van der Waals surface area (Å²) in [4.78, 5) is 23.2.